The molecule has 0 fully saturated rings. The zero-order chi connectivity index (χ0) is 19.0. The maximum atomic E-state index is 9.86. The highest BCUT2D eigenvalue weighted by Gasteiger charge is 2.41. The second kappa shape index (κ2) is 6.71. The summed E-state index contributed by atoms with van der Waals surface area (Å²) in [5.74, 6) is 1.29. The van der Waals surface area contributed by atoms with E-state index in [4.69, 9.17) is 10.8 Å². The SMILES string of the molecule is CN(C)c1ncccc1CN1N=C(c2cccc(O)c2)C2C(N)=NC=NC21. The lowest BCUT2D eigenvalue weighted by Gasteiger charge is -2.27. The van der Waals surface area contributed by atoms with Gasteiger partial charge in [0.25, 0.3) is 0 Å². The first-order valence-corrected chi connectivity index (χ1v) is 8.65. The van der Waals surface area contributed by atoms with Gasteiger partial charge in [0.1, 0.15) is 29.7 Å². The van der Waals surface area contributed by atoms with Gasteiger partial charge in [0.15, 0.2) is 6.17 Å². The molecule has 4 rings (SSSR count). The molecule has 0 saturated heterocycles. The number of nitrogens with zero attached hydrogens (tertiary/aromatic N) is 6. The lowest BCUT2D eigenvalue weighted by molar-refractivity contribution is 0.214. The molecule has 0 spiro atoms. The molecule has 2 aromatic rings. The molecule has 0 amide bonds. The highest BCUT2D eigenvalue weighted by Crippen LogP contribution is 2.32. The van der Waals surface area contributed by atoms with Crippen LogP contribution in [0.15, 0.2) is 57.7 Å². The summed E-state index contributed by atoms with van der Waals surface area (Å²) in [4.78, 5) is 15.1. The number of benzene rings is 1. The highest BCUT2D eigenvalue weighted by molar-refractivity contribution is 6.17. The Balaban J connectivity index is 1.73. The van der Waals surface area contributed by atoms with E-state index in [1.165, 1.54) is 6.34 Å². The summed E-state index contributed by atoms with van der Waals surface area (Å²) >= 11 is 0. The number of rotatable bonds is 4. The Morgan fingerprint density at radius 2 is 2.07 bits per heavy atom. The molecule has 1 aromatic carbocycles. The molecule has 8 heteroatoms. The molecule has 2 aliphatic rings. The quantitative estimate of drug-likeness (QED) is 0.855. The van der Waals surface area contributed by atoms with Gasteiger partial charge in [0.2, 0.25) is 0 Å². The van der Waals surface area contributed by atoms with Crippen molar-refractivity contribution in [2.75, 3.05) is 19.0 Å². The van der Waals surface area contributed by atoms with Crippen molar-refractivity contribution in [3.63, 3.8) is 0 Å². The first-order valence-electron chi connectivity index (χ1n) is 8.65. The third-order valence-corrected chi connectivity index (χ3v) is 4.64. The molecule has 2 atom stereocenters. The first-order chi connectivity index (χ1) is 13.0. The molecular weight excluding hydrogens is 342 g/mol. The molecule has 2 aliphatic heterocycles. The number of hydrazone groups is 1. The fourth-order valence-corrected chi connectivity index (χ4v) is 3.44. The largest absolute Gasteiger partial charge is 0.508 e. The van der Waals surface area contributed by atoms with Crippen molar-refractivity contribution in [3.05, 3.63) is 53.7 Å². The molecular formula is C19H21N7O. The van der Waals surface area contributed by atoms with Crippen LogP contribution in [-0.4, -0.2) is 53.2 Å². The number of aromatic hydroxyl groups is 1. The van der Waals surface area contributed by atoms with Gasteiger partial charge in [-0.05, 0) is 18.2 Å². The van der Waals surface area contributed by atoms with Gasteiger partial charge >= 0.3 is 0 Å². The number of nitrogens with two attached hydrogens (primary N) is 1. The Labute approximate surface area is 157 Å². The Hall–Kier alpha value is -3.42. The van der Waals surface area contributed by atoms with Crippen molar-refractivity contribution in [2.45, 2.75) is 12.7 Å². The second-order valence-corrected chi connectivity index (χ2v) is 6.72. The van der Waals surface area contributed by atoms with Crippen molar-refractivity contribution < 1.29 is 5.11 Å². The van der Waals surface area contributed by atoms with Gasteiger partial charge in [-0.1, -0.05) is 18.2 Å². The van der Waals surface area contributed by atoms with Gasteiger partial charge in [-0.15, -0.1) is 0 Å². The summed E-state index contributed by atoms with van der Waals surface area (Å²) in [6.45, 7) is 0.537. The molecule has 0 bridgehead atoms. The topological polar surface area (TPSA) is 103 Å². The van der Waals surface area contributed by atoms with Crippen molar-refractivity contribution >= 4 is 23.7 Å². The van der Waals surface area contributed by atoms with Gasteiger partial charge in [-0.2, -0.15) is 5.10 Å². The zero-order valence-corrected chi connectivity index (χ0v) is 15.2. The van der Waals surface area contributed by atoms with Crippen LogP contribution in [0.3, 0.4) is 0 Å². The van der Waals surface area contributed by atoms with Crippen LogP contribution in [-0.2, 0) is 6.54 Å². The third kappa shape index (κ3) is 3.10. The minimum atomic E-state index is -0.268. The van der Waals surface area contributed by atoms with Gasteiger partial charge < -0.3 is 15.7 Å². The zero-order valence-electron chi connectivity index (χ0n) is 15.2. The number of phenols is 1. The minimum absolute atomic E-state index is 0.183. The summed E-state index contributed by atoms with van der Waals surface area (Å²) in [5.41, 5.74) is 8.79. The number of amidine groups is 1. The molecule has 0 saturated carbocycles. The summed E-state index contributed by atoms with van der Waals surface area (Å²) < 4.78 is 0. The molecule has 138 valence electrons. The average Bonchev–Trinajstić information content (AvgIpc) is 3.02. The number of anilines is 1. The predicted molar refractivity (Wildman–Crippen MR) is 106 cm³/mol. The first kappa shape index (κ1) is 17.0. The number of phenolic OH excluding ortho intramolecular Hbond substituents is 1. The van der Waals surface area contributed by atoms with Crippen molar-refractivity contribution in [3.8, 4) is 5.75 Å². The van der Waals surface area contributed by atoms with Crippen LogP contribution in [0.5, 0.6) is 5.75 Å². The number of aromatic nitrogens is 1. The number of hydrogen-bond acceptors (Lipinski definition) is 8. The smallest absolute Gasteiger partial charge is 0.154 e. The lowest BCUT2D eigenvalue weighted by atomic mass is 9.93. The maximum Gasteiger partial charge on any atom is 0.154 e. The molecule has 27 heavy (non-hydrogen) atoms. The average molecular weight is 363 g/mol. The number of aliphatic imine (C=N–C) groups is 2. The molecule has 3 heterocycles. The Bertz CT molecular complexity index is 951. The predicted octanol–water partition coefficient (Wildman–Crippen LogP) is 1.41. The van der Waals surface area contributed by atoms with Crippen LogP contribution in [0, 0.1) is 5.92 Å². The fourth-order valence-electron chi connectivity index (χ4n) is 3.44. The molecule has 8 nitrogen and oxygen atoms in total. The molecule has 3 N–H and O–H groups in total. The van der Waals surface area contributed by atoms with Crippen molar-refractivity contribution in [1.29, 1.82) is 0 Å². The Morgan fingerprint density at radius 3 is 2.85 bits per heavy atom. The summed E-state index contributed by atoms with van der Waals surface area (Å²) in [7, 11) is 3.92. The second-order valence-electron chi connectivity index (χ2n) is 6.72. The normalized spacial score (nSPS) is 20.9. The van der Waals surface area contributed by atoms with E-state index in [1.807, 2.05) is 42.2 Å². The maximum absolute atomic E-state index is 9.86. The fraction of sp³-hybridized carbons (Fsp3) is 0.263. The van der Waals surface area contributed by atoms with Gasteiger partial charge in [-0.3, -0.25) is 5.01 Å². The molecule has 2 unspecified atom stereocenters. The van der Waals surface area contributed by atoms with Crippen LogP contribution in [0.25, 0.3) is 0 Å². The van der Waals surface area contributed by atoms with E-state index in [2.05, 4.69) is 15.0 Å². The van der Waals surface area contributed by atoms with Crippen molar-refractivity contribution in [1.82, 2.24) is 9.99 Å². The minimum Gasteiger partial charge on any atom is -0.508 e. The van der Waals surface area contributed by atoms with Crippen LogP contribution in [0.2, 0.25) is 0 Å². The highest BCUT2D eigenvalue weighted by atomic mass is 16.3. The molecule has 1 aromatic heterocycles. The van der Waals surface area contributed by atoms with E-state index in [1.54, 1.807) is 24.4 Å². The summed E-state index contributed by atoms with van der Waals surface area (Å²) in [6, 6.07) is 10.9. The molecule has 0 aliphatic carbocycles. The van der Waals surface area contributed by atoms with E-state index in [-0.39, 0.29) is 17.8 Å². The number of fused-ring (bicyclic) bond motifs is 1. The van der Waals surface area contributed by atoms with Crippen LogP contribution in [0.4, 0.5) is 5.82 Å². The lowest BCUT2D eigenvalue weighted by Crippen LogP contribution is -2.42. The Morgan fingerprint density at radius 1 is 1.22 bits per heavy atom. The van der Waals surface area contributed by atoms with Crippen LogP contribution >= 0.6 is 0 Å². The van der Waals surface area contributed by atoms with Crippen molar-refractivity contribution in [2.24, 2.45) is 26.7 Å². The van der Waals surface area contributed by atoms with E-state index in [0.717, 1.165) is 22.7 Å². The van der Waals surface area contributed by atoms with E-state index >= 15 is 0 Å². The van der Waals surface area contributed by atoms with Gasteiger partial charge in [0, 0.05) is 31.4 Å². The Kier molecular flexibility index (Phi) is 4.23. The van der Waals surface area contributed by atoms with E-state index in [9.17, 15) is 5.11 Å². The molecule has 0 radical (unpaired) electrons. The van der Waals surface area contributed by atoms with Gasteiger partial charge in [0.05, 0.1) is 12.3 Å². The standard InChI is InChI=1S/C19H21N7O/c1-25(2)18-13(6-4-8-21-18)10-26-19-15(17(20)22-11-23-19)16(24-26)12-5-3-7-14(27)9-12/h3-9,11,15,19,27H,10H2,1-2H3,(H2,20,22,23). The van der Waals surface area contributed by atoms with E-state index in [0.29, 0.717) is 12.4 Å². The van der Waals surface area contributed by atoms with Crippen LogP contribution < -0.4 is 10.6 Å². The number of pyridine rings is 1. The van der Waals surface area contributed by atoms with Crippen LogP contribution in [0.1, 0.15) is 11.1 Å². The summed E-state index contributed by atoms with van der Waals surface area (Å²) in [5, 5.41) is 16.6. The third-order valence-electron chi connectivity index (χ3n) is 4.64. The summed E-state index contributed by atoms with van der Waals surface area (Å²) in [6.07, 6.45) is 2.99. The number of hydrogen-bond donors (Lipinski definition) is 2. The van der Waals surface area contributed by atoms with Gasteiger partial charge in [-0.25, -0.2) is 15.0 Å². The van der Waals surface area contributed by atoms with E-state index < -0.39 is 0 Å². The monoisotopic (exact) mass is 363 g/mol.